The largest absolute Gasteiger partial charge is 0.495 e. The molecular weight excluding hydrogens is 431 g/mol. The van der Waals surface area contributed by atoms with Crippen LogP contribution in [0.25, 0.3) is 11.0 Å². The number of hydrogen-bond acceptors (Lipinski definition) is 7. The number of halogens is 3. The Bertz CT molecular complexity index is 1230. The number of ketones is 1. The summed E-state index contributed by atoms with van der Waals surface area (Å²) in [6.45, 7) is 1.84. The Morgan fingerprint density at radius 1 is 1.09 bits per heavy atom. The number of alkyl halides is 3. The molecule has 4 rings (SSSR count). The second-order valence-corrected chi connectivity index (χ2v) is 7.08. The molecule has 0 bridgehead atoms. The van der Waals surface area contributed by atoms with Crippen LogP contribution < -0.4 is 19.5 Å². The van der Waals surface area contributed by atoms with E-state index in [-0.39, 0.29) is 22.6 Å². The maximum atomic E-state index is 14.0. The first-order valence-electron chi connectivity index (χ1n) is 9.34. The lowest BCUT2D eigenvalue weighted by molar-refractivity contribution is -0.315. The van der Waals surface area contributed by atoms with Gasteiger partial charge in [0.15, 0.2) is 11.3 Å². The minimum atomic E-state index is -5.36. The molecule has 0 unspecified atom stereocenters. The summed E-state index contributed by atoms with van der Waals surface area (Å²) in [5.74, 6) is -6.08. The van der Waals surface area contributed by atoms with Crippen LogP contribution in [-0.2, 0) is 0 Å². The molecule has 168 valence electrons. The van der Waals surface area contributed by atoms with Crippen LogP contribution in [0.15, 0.2) is 52.8 Å². The van der Waals surface area contributed by atoms with Crippen molar-refractivity contribution in [3.63, 3.8) is 0 Å². The molecule has 0 amide bonds. The van der Waals surface area contributed by atoms with Crippen LogP contribution in [0.5, 0.6) is 17.2 Å². The van der Waals surface area contributed by atoms with Crippen molar-refractivity contribution < 1.29 is 41.7 Å². The predicted octanol–water partition coefficient (Wildman–Crippen LogP) is 4.58. The molecule has 10 heteroatoms. The highest BCUT2D eigenvalue weighted by Gasteiger charge is 2.64. The molecule has 0 fully saturated rings. The summed E-state index contributed by atoms with van der Waals surface area (Å²) in [7, 11) is 2.43. The van der Waals surface area contributed by atoms with Crippen LogP contribution in [0, 0.1) is 6.92 Å². The molecule has 1 aromatic heterocycles. The Hall–Kier alpha value is -3.66. The van der Waals surface area contributed by atoms with Crippen molar-refractivity contribution in [3.8, 4) is 17.2 Å². The van der Waals surface area contributed by atoms with E-state index < -0.39 is 29.1 Å². The van der Waals surface area contributed by atoms with Crippen molar-refractivity contribution in [2.45, 2.75) is 18.9 Å². The fourth-order valence-electron chi connectivity index (χ4n) is 3.49. The van der Waals surface area contributed by atoms with Gasteiger partial charge in [0.05, 0.1) is 31.4 Å². The van der Waals surface area contributed by atoms with Crippen LogP contribution in [0.4, 0.5) is 18.9 Å². The van der Waals surface area contributed by atoms with Crippen molar-refractivity contribution in [2.24, 2.45) is 0 Å². The van der Waals surface area contributed by atoms with Gasteiger partial charge in [0.2, 0.25) is 11.5 Å². The highest BCUT2D eigenvalue weighted by atomic mass is 19.4. The molecule has 0 saturated carbocycles. The second-order valence-electron chi connectivity index (χ2n) is 7.08. The lowest BCUT2D eigenvalue weighted by atomic mass is 9.90. The molecule has 2 N–H and O–H groups in total. The van der Waals surface area contributed by atoms with Gasteiger partial charge in [-0.2, -0.15) is 13.2 Å². The highest BCUT2D eigenvalue weighted by molar-refractivity contribution is 6.18. The minimum Gasteiger partial charge on any atom is -0.495 e. The number of hydrogen-bond donors (Lipinski definition) is 2. The minimum absolute atomic E-state index is 0.00522. The number of ether oxygens (including phenoxy) is 3. The number of fused-ring (bicyclic) bond motifs is 2. The van der Waals surface area contributed by atoms with Crippen LogP contribution >= 0.6 is 0 Å². The van der Waals surface area contributed by atoms with Crippen LogP contribution in [0.3, 0.4) is 0 Å². The normalized spacial score (nSPS) is 19.6. The number of rotatable bonds is 4. The first kappa shape index (κ1) is 21.6. The standard InChI is InChI=1S/C22H18F3NO6/c1-11-4-6-12(7-5-11)26-10-14-16(27)15-17(29-2)13-8-9-31-18(13)20(30-3)19(15)32-21(14,28)22(23,24)25/h4-10,26,28H,1-3H3/t21-/m0/s1. The number of Topliss-reactive ketones (excluding diaryl/α,β-unsaturated/α-hetero) is 1. The lowest BCUT2D eigenvalue weighted by Crippen LogP contribution is -2.56. The van der Waals surface area contributed by atoms with Gasteiger partial charge in [-0.05, 0) is 25.1 Å². The smallest absolute Gasteiger partial charge is 0.460 e. The summed E-state index contributed by atoms with van der Waals surface area (Å²) in [6.07, 6.45) is -3.33. The van der Waals surface area contributed by atoms with Gasteiger partial charge in [-0.25, -0.2) is 0 Å². The van der Waals surface area contributed by atoms with Crippen molar-refractivity contribution >= 4 is 22.4 Å². The number of benzene rings is 2. The maximum absolute atomic E-state index is 14.0. The third kappa shape index (κ3) is 3.14. The number of furan rings is 1. The Labute approximate surface area is 180 Å². The number of aryl methyl sites for hydroxylation is 1. The second kappa shape index (κ2) is 7.49. The van der Waals surface area contributed by atoms with E-state index in [1.165, 1.54) is 26.5 Å². The third-order valence-corrected chi connectivity index (χ3v) is 5.09. The van der Waals surface area contributed by atoms with Crippen LogP contribution in [-0.4, -0.2) is 37.1 Å². The lowest BCUT2D eigenvalue weighted by Gasteiger charge is -2.37. The molecule has 3 aromatic rings. The third-order valence-electron chi connectivity index (χ3n) is 5.09. The Kier molecular flexibility index (Phi) is 5.04. The fraction of sp³-hybridized carbons (Fsp3) is 0.227. The van der Waals surface area contributed by atoms with E-state index in [2.05, 4.69) is 5.32 Å². The monoisotopic (exact) mass is 449 g/mol. The van der Waals surface area contributed by atoms with Crippen LogP contribution in [0.1, 0.15) is 15.9 Å². The first-order chi connectivity index (χ1) is 15.1. The number of carbonyl (C=O) groups excluding carboxylic acids is 1. The van der Waals surface area contributed by atoms with E-state index in [4.69, 9.17) is 18.6 Å². The predicted molar refractivity (Wildman–Crippen MR) is 108 cm³/mol. The number of aliphatic hydroxyl groups is 1. The molecule has 32 heavy (non-hydrogen) atoms. The molecule has 2 aromatic carbocycles. The van der Waals surface area contributed by atoms with Gasteiger partial charge >= 0.3 is 12.0 Å². The molecular formula is C22H18F3NO6. The molecule has 1 aliphatic rings. The Balaban J connectivity index is 1.95. The summed E-state index contributed by atoms with van der Waals surface area (Å²) in [5.41, 5.74) is -0.0564. The topological polar surface area (TPSA) is 90.2 Å². The van der Waals surface area contributed by atoms with Crippen molar-refractivity contribution in [1.29, 1.82) is 0 Å². The van der Waals surface area contributed by atoms with E-state index in [1.807, 2.05) is 6.92 Å². The molecule has 0 radical (unpaired) electrons. The number of anilines is 1. The zero-order valence-electron chi connectivity index (χ0n) is 17.2. The number of carbonyl (C=O) groups is 1. The van der Waals surface area contributed by atoms with Crippen molar-refractivity contribution in [1.82, 2.24) is 0 Å². The molecule has 0 aliphatic carbocycles. The van der Waals surface area contributed by atoms with Crippen molar-refractivity contribution in [2.75, 3.05) is 19.5 Å². The van der Waals surface area contributed by atoms with Gasteiger partial charge in [-0.15, -0.1) is 0 Å². The van der Waals surface area contributed by atoms with Gasteiger partial charge in [-0.1, -0.05) is 17.7 Å². The Morgan fingerprint density at radius 3 is 2.34 bits per heavy atom. The average molecular weight is 449 g/mol. The summed E-state index contributed by atoms with van der Waals surface area (Å²) < 4.78 is 62.8. The Morgan fingerprint density at radius 2 is 1.75 bits per heavy atom. The maximum Gasteiger partial charge on any atom is 0.460 e. The highest BCUT2D eigenvalue weighted by Crippen LogP contribution is 2.54. The van der Waals surface area contributed by atoms with E-state index in [0.717, 1.165) is 11.8 Å². The number of nitrogens with one attached hydrogen (secondary N) is 1. The molecule has 7 nitrogen and oxygen atoms in total. The summed E-state index contributed by atoms with van der Waals surface area (Å²) in [4.78, 5) is 13.4. The van der Waals surface area contributed by atoms with Gasteiger partial charge in [0.25, 0.3) is 0 Å². The SMILES string of the molecule is COc1c2c(c(OC)c3occc13)O[C@](O)(C(F)(F)F)C(=CNc1ccc(C)cc1)C2=O. The van der Waals surface area contributed by atoms with E-state index in [1.54, 1.807) is 24.3 Å². The van der Waals surface area contributed by atoms with Gasteiger partial charge in [-0.3, -0.25) is 4.79 Å². The molecule has 0 spiro atoms. The quantitative estimate of drug-likeness (QED) is 0.564. The molecule has 0 saturated heterocycles. The molecule has 1 aliphatic heterocycles. The van der Waals surface area contributed by atoms with Gasteiger partial charge < -0.3 is 29.1 Å². The first-order valence-corrected chi connectivity index (χ1v) is 9.34. The average Bonchev–Trinajstić information content (AvgIpc) is 3.22. The van der Waals surface area contributed by atoms with Gasteiger partial charge in [0, 0.05) is 11.9 Å². The van der Waals surface area contributed by atoms with Gasteiger partial charge in [0.1, 0.15) is 11.3 Å². The van der Waals surface area contributed by atoms with Crippen molar-refractivity contribution in [3.05, 3.63) is 59.5 Å². The van der Waals surface area contributed by atoms with E-state index in [0.29, 0.717) is 11.1 Å². The molecule has 2 heterocycles. The van der Waals surface area contributed by atoms with E-state index in [9.17, 15) is 23.1 Å². The summed E-state index contributed by atoms with van der Waals surface area (Å²) in [6, 6.07) is 8.16. The summed E-state index contributed by atoms with van der Waals surface area (Å²) >= 11 is 0. The van der Waals surface area contributed by atoms with E-state index >= 15 is 0 Å². The fourth-order valence-corrected chi connectivity index (χ4v) is 3.49. The molecule has 1 atom stereocenters. The summed E-state index contributed by atoms with van der Waals surface area (Å²) in [5, 5.41) is 13.5. The zero-order chi connectivity index (χ0) is 23.3. The van der Waals surface area contributed by atoms with Crippen LogP contribution in [0.2, 0.25) is 0 Å². The number of methoxy groups -OCH3 is 2. The zero-order valence-corrected chi connectivity index (χ0v) is 17.2.